The highest BCUT2D eigenvalue weighted by Crippen LogP contribution is 2.69. The number of ketones is 1. The van der Waals surface area contributed by atoms with Crippen LogP contribution in [0, 0.1) is 40.4 Å². The smallest absolute Gasteiger partial charge is 0.159 e. The lowest BCUT2D eigenvalue weighted by Crippen LogP contribution is -2.55. The molecule has 8 atom stereocenters. The fourth-order valence-electron chi connectivity index (χ4n) is 8.38. The van der Waals surface area contributed by atoms with E-state index >= 15 is 0 Å². The van der Waals surface area contributed by atoms with Crippen LogP contribution >= 0.6 is 0 Å². The van der Waals surface area contributed by atoms with Gasteiger partial charge < -0.3 is 5.11 Å². The molecule has 0 heterocycles. The lowest BCUT2D eigenvalue weighted by atomic mass is 9.43. The molecule has 1 spiro atoms. The van der Waals surface area contributed by atoms with Crippen LogP contribution < -0.4 is 0 Å². The number of hydrogen-bond donors (Lipinski definition) is 1. The van der Waals surface area contributed by atoms with Crippen LogP contribution in [-0.4, -0.2) is 17.0 Å². The van der Waals surface area contributed by atoms with Crippen molar-refractivity contribution in [3.8, 4) is 0 Å². The molecule has 1 unspecified atom stereocenters. The number of hydrogen-bond acceptors (Lipinski definition) is 2. The molecular weight excluding hydrogens is 296 g/mol. The van der Waals surface area contributed by atoms with Gasteiger partial charge in [0.25, 0.3) is 0 Å². The minimum atomic E-state index is -0.0495. The number of carbonyl (C=O) groups excluding carboxylic acids is 1. The summed E-state index contributed by atoms with van der Waals surface area (Å²) in [6.07, 6.45) is 16.2. The first-order valence-corrected chi connectivity index (χ1v) is 10.4. The van der Waals surface area contributed by atoms with E-state index in [-0.39, 0.29) is 6.10 Å². The number of aliphatic hydroxyl groups excluding tert-OH is 1. The Morgan fingerprint density at radius 1 is 1.04 bits per heavy atom. The quantitative estimate of drug-likeness (QED) is 0.710. The van der Waals surface area contributed by atoms with Gasteiger partial charge in [0.1, 0.15) is 0 Å². The summed E-state index contributed by atoms with van der Waals surface area (Å²) >= 11 is 0. The molecule has 1 N–H and O–H groups in total. The minimum absolute atomic E-state index is 0.0495. The molecule has 4 fully saturated rings. The van der Waals surface area contributed by atoms with Gasteiger partial charge >= 0.3 is 0 Å². The van der Waals surface area contributed by atoms with Crippen LogP contribution in [0.4, 0.5) is 0 Å². The molecule has 0 amide bonds. The third-order valence-corrected chi connectivity index (χ3v) is 9.48. The van der Waals surface area contributed by atoms with E-state index in [9.17, 15) is 9.90 Å². The average molecular weight is 328 g/mol. The van der Waals surface area contributed by atoms with E-state index in [4.69, 9.17) is 0 Å². The molecule has 4 saturated carbocycles. The Balaban J connectivity index is 1.47. The van der Waals surface area contributed by atoms with E-state index in [0.29, 0.717) is 22.5 Å². The summed E-state index contributed by atoms with van der Waals surface area (Å²) in [6.45, 7) is 2.55. The monoisotopic (exact) mass is 328 g/mol. The van der Waals surface area contributed by atoms with Crippen molar-refractivity contribution in [2.45, 2.75) is 77.2 Å². The SMILES string of the molecule is C[C@]12CC[C@@H](O)C[C@H]1CC[C@H]1[C@@H]3CCC4C(=O)C=CC[C@@]43CC[C@@H]12. The zero-order chi connectivity index (χ0) is 16.5. The van der Waals surface area contributed by atoms with E-state index in [2.05, 4.69) is 13.0 Å². The highest BCUT2D eigenvalue weighted by molar-refractivity contribution is 5.93. The van der Waals surface area contributed by atoms with Gasteiger partial charge in [-0.15, -0.1) is 0 Å². The van der Waals surface area contributed by atoms with Crippen molar-refractivity contribution in [1.82, 2.24) is 0 Å². The molecule has 5 aliphatic carbocycles. The largest absolute Gasteiger partial charge is 0.393 e. The molecule has 2 nitrogen and oxygen atoms in total. The van der Waals surface area contributed by atoms with E-state index < -0.39 is 0 Å². The van der Waals surface area contributed by atoms with Crippen molar-refractivity contribution in [3.63, 3.8) is 0 Å². The molecular formula is C22H32O2. The number of aliphatic hydroxyl groups is 1. The minimum Gasteiger partial charge on any atom is -0.393 e. The Kier molecular flexibility index (Phi) is 3.38. The van der Waals surface area contributed by atoms with E-state index in [1.54, 1.807) is 0 Å². The second-order valence-corrected chi connectivity index (χ2v) is 10.00. The number of carbonyl (C=O) groups is 1. The molecule has 0 saturated heterocycles. The Bertz CT molecular complexity index is 581. The highest BCUT2D eigenvalue weighted by Gasteiger charge is 2.62. The van der Waals surface area contributed by atoms with Crippen LogP contribution in [0.5, 0.6) is 0 Å². The van der Waals surface area contributed by atoms with Gasteiger partial charge in [-0.05, 0) is 105 Å². The first-order valence-electron chi connectivity index (χ1n) is 10.4. The zero-order valence-electron chi connectivity index (χ0n) is 15.0. The lowest BCUT2D eigenvalue weighted by Gasteiger charge is -2.61. The molecule has 24 heavy (non-hydrogen) atoms. The lowest BCUT2D eigenvalue weighted by molar-refractivity contribution is -0.140. The maximum absolute atomic E-state index is 12.5. The zero-order valence-corrected chi connectivity index (χ0v) is 15.0. The standard InChI is InChI=1S/C22H32O2/c1-21-11-8-15(23)13-14(21)4-5-16-17(21)9-12-22-10-2-3-20(24)19(22)7-6-18(16)22/h2-3,14-19,23H,4-13H2,1H3/t14-,15-,16-,17+,18+,19?,21+,22+/m1/s1. The van der Waals surface area contributed by atoms with E-state index in [0.717, 1.165) is 49.4 Å². The van der Waals surface area contributed by atoms with Gasteiger partial charge in [0.2, 0.25) is 0 Å². The average Bonchev–Trinajstić information content (AvgIpc) is 2.96. The van der Waals surface area contributed by atoms with Gasteiger partial charge in [0.15, 0.2) is 5.78 Å². The Labute approximate surface area is 146 Å². The highest BCUT2D eigenvalue weighted by atomic mass is 16.3. The summed E-state index contributed by atoms with van der Waals surface area (Å²) in [5.41, 5.74) is 0.779. The normalized spacial score (nSPS) is 56.2. The molecule has 0 aromatic heterocycles. The molecule has 2 heteroatoms. The molecule has 5 rings (SSSR count). The molecule has 0 aliphatic heterocycles. The van der Waals surface area contributed by atoms with Crippen LogP contribution in [0.25, 0.3) is 0 Å². The number of fused-ring (bicyclic) bond motifs is 4. The number of rotatable bonds is 0. The Morgan fingerprint density at radius 2 is 1.92 bits per heavy atom. The van der Waals surface area contributed by atoms with Gasteiger partial charge in [-0.3, -0.25) is 4.79 Å². The molecule has 5 aliphatic rings. The first kappa shape index (κ1) is 15.6. The van der Waals surface area contributed by atoms with Crippen molar-refractivity contribution in [1.29, 1.82) is 0 Å². The van der Waals surface area contributed by atoms with Crippen LogP contribution in [0.15, 0.2) is 12.2 Å². The molecule has 0 aromatic rings. The second kappa shape index (κ2) is 5.19. The number of allylic oxidation sites excluding steroid dienone is 2. The van der Waals surface area contributed by atoms with E-state index in [1.807, 2.05) is 6.08 Å². The predicted molar refractivity (Wildman–Crippen MR) is 94.3 cm³/mol. The van der Waals surface area contributed by atoms with Gasteiger partial charge in [-0.25, -0.2) is 0 Å². The van der Waals surface area contributed by atoms with E-state index in [1.165, 1.54) is 38.5 Å². The molecule has 0 bridgehead atoms. The van der Waals surface area contributed by atoms with Crippen LogP contribution in [0.3, 0.4) is 0 Å². The summed E-state index contributed by atoms with van der Waals surface area (Å²) in [7, 11) is 0. The third-order valence-electron chi connectivity index (χ3n) is 9.48. The predicted octanol–water partition coefficient (Wildman–Crippen LogP) is 4.52. The Morgan fingerprint density at radius 3 is 2.79 bits per heavy atom. The van der Waals surface area contributed by atoms with Gasteiger partial charge in [-0.2, -0.15) is 0 Å². The first-order chi connectivity index (χ1) is 11.5. The maximum atomic E-state index is 12.5. The summed E-state index contributed by atoms with van der Waals surface area (Å²) in [4.78, 5) is 12.5. The third kappa shape index (κ3) is 1.90. The Hall–Kier alpha value is -0.630. The second-order valence-electron chi connectivity index (χ2n) is 10.00. The molecule has 0 aromatic carbocycles. The van der Waals surface area contributed by atoms with Crippen LogP contribution in [-0.2, 0) is 4.79 Å². The summed E-state index contributed by atoms with van der Waals surface area (Å²) < 4.78 is 0. The maximum Gasteiger partial charge on any atom is 0.159 e. The van der Waals surface area contributed by atoms with Crippen molar-refractivity contribution >= 4 is 5.78 Å². The van der Waals surface area contributed by atoms with Crippen molar-refractivity contribution in [2.75, 3.05) is 0 Å². The molecule has 0 radical (unpaired) electrons. The van der Waals surface area contributed by atoms with Gasteiger partial charge in [0, 0.05) is 5.92 Å². The summed E-state index contributed by atoms with van der Waals surface area (Å²) in [6, 6.07) is 0. The summed E-state index contributed by atoms with van der Waals surface area (Å²) in [5, 5.41) is 10.1. The van der Waals surface area contributed by atoms with Gasteiger partial charge in [-0.1, -0.05) is 13.0 Å². The van der Waals surface area contributed by atoms with Crippen molar-refractivity contribution < 1.29 is 9.90 Å². The fourth-order valence-corrected chi connectivity index (χ4v) is 8.38. The summed E-state index contributed by atoms with van der Waals surface area (Å²) in [5.74, 6) is 4.00. The van der Waals surface area contributed by atoms with Crippen molar-refractivity contribution in [2.24, 2.45) is 40.4 Å². The fraction of sp³-hybridized carbons (Fsp3) is 0.864. The van der Waals surface area contributed by atoms with Crippen LogP contribution in [0.2, 0.25) is 0 Å². The topological polar surface area (TPSA) is 37.3 Å². The van der Waals surface area contributed by atoms with Gasteiger partial charge in [0.05, 0.1) is 6.10 Å². The van der Waals surface area contributed by atoms with Crippen LogP contribution in [0.1, 0.15) is 71.1 Å². The van der Waals surface area contributed by atoms with Crippen molar-refractivity contribution in [3.05, 3.63) is 12.2 Å². The molecule has 132 valence electrons.